The van der Waals surface area contributed by atoms with E-state index in [0.717, 1.165) is 12.0 Å². The van der Waals surface area contributed by atoms with Crippen molar-refractivity contribution in [2.24, 2.45) is 0 Å². The van der Waals surface area contributed by atoms with Gasteiger partial charge >= 0.3 is 0 Å². The van der Waals surface area contributed by atoms with Gasteiger partial charge in [-0.25, -0.2) is 0 Å². The third-order valence-electron chi connectivity index (χ3n) is 6.39. The van der Waals surface area contributed by atoms with E-state index in [2.05, 4.69) is 11.4 Å². The molecule has 0 saturated carbocycles. The first-order valence-electron chi connectivity index (χ1n) is 12.0. The van der Waals surface area contributed by atoms with Gasteiger partial charge in [-0.2, -0.15) is 0 Å². The Morgan fingerprint density at radius 1 is 1.06 bits per heavy atom. The lowest BCUT2D eigenvalue weighted by atomic mass is 10.00. The van der Waals surface area contributed by atoms with Crippen molar-refractivity contribution >= 4 is 23.2 Å². The molecule has 2 amide bonds. The first kappa shape index (κ1) is 25.6. The number of para-hydroxylation sites is 2. The van der Waals surface area contributed by atoms with Crippen molar-refractivity contribution in [1.82, 2.24) is 9.80 Å². The molecule has 4 rings (SSSR count). The molecule has 0 aliphatic carbocycles. The van der Waals surface area contributed by atoms with Crippen LogP contribution in [0.25, 0.3) is 0 Å². The fraction of sp³-hybridized carbons (Fsp3) is 0.357. The number of hydrogen-bond acceptors (Lipinski definition) is 6. The van der Waals surface area contributed by atoms with Crippen molar-refractivity contribution in [3.8, 4) is 17.2 Å². The highest BCUT2D eigenvalue weighted by atomic mass is 32.1. The molecule has 0 radical (unpaired) electrons. The summed E-state index contributed by atoms with van der Waals surface area (Å²) < 4.78 is 16.9. The van der Waals surface area contributed by atoms with E-state index < -0.39 is 0 Å². The molecule has 0 bridgehead atoms. The third-order valence-corrected chi connectivity index (χ3v) is 7.38. The van der Waals surface area contributed by atoms with Gasteiger partial charge in [-0.1, -0.05) is 18.2 Å². The van der Waals surface area contributed by atoms with Gasteiger partial charge in [0.2, 0.25) is 5.91 Å². The topological polar surface area (TPSA) is 68.3 Å². The predicted octanol–water partition coefficient (Wildman–Crippen LogP) is 4.82. The van der Waals surface area contributed by atoms with E-state index in [9.17, 15) is 9.59 Å². The Bertz CT molecular complexity index is 1210. The molecular weight excluding hydrogens is 476 g/mol. The maximum absolute atomic E-state index is 13.7. The summed E-state index contributed by atoms with van der Waals surface area (Å²) in [6, 6.07) is 16.2. The molecule has 2 aromatic carbocycles. The highest BCUT2D eigenvalue weighted by Crippen LogP contribution is 2.35. The number of amides is 2. The van der Waals surface area contributed by atoms with Crippen molar-refractivity contribution in [3.05, 3.63) is 76.0 Å². The Labute approximate surface area is 216 Å². The SMILES string of the molecule is COc1cccc(C(=O)N(CC(=O)N2CCc3sccc3C2COc2ccccc2OC)C(C)C)c1. The van der Waals surface area contributed by atoms with Gasteiger partial charge in [0.1, 0.15) is 18.9 Å². The highest BCUT2D eigenvalue weighted by Gasteiger charge is 2.34. The van der Waals surface area contributed by atoms with Gasteiger partial charge in [-0.3, -0.25) is 9.59 Å². The number of thiophene rings is 1. The summed E-state index contributed by atoms with van der Waals surface area (Å²) in [5.41, 5.74) is 1.59. The van der Waals surface area contributed by atoms with Gasteiger partial charge < -0.3 is 24.0 Å². The van der Waals surface area contributed by atoms with Crippen LogP contribution in [0.5, 0.6) is 17.2 Å². The zero-order valence-electron chi connectivity index (χ0n) is 21.1. The summed E-state index contributed by atoms with van der Waals surface area (Å²) in [4.78, 5) is 31.8. The Hall–Kier alpha value is -3.52. The monoisotopic (exact) mass is 508 g/mol. The molecule has 1 aromatic heterocycles. The second-order valence-corrected chi connectivity index (χ2v) is 9.87. The van der Waals surface area contributed by atoms with Gasteiger partial charge in [0, 0.05) is 23.0 Å². The van der Waals surface area contributed by atoms with Crippen molar-refractivity contribution < 1.29 is 23.8 Å². The normalized spacial score (nSPS) is 14.8. The standard InChI is InChI=1S/C28H32N2O5S/c1-19(2)30(28(32)20-8-7-9-21(16-20)33-3)17-27(31)29-14-12-26-22(13-15-36-26)23(29)18-35-25-11-6-5-10-24(25)34-4/h5-11,13,15-16,19,23H,12,14,17-18H2,1-4H3. The lowest BCUT2D eigenvalue weighted by Crippen LogP contribution is -2.49. The molecule has 7 nitrogen and oxygen atoms in total. The van der Waals surface area contributed by atoms with Crippen molar-refractivity contribution in [2.45, 2.75) is 32.4 Å². The molecule has 36 heavy (non-hydrogen) atoms. The number of carbonyl (C=O) groups is 2. The first-order valence-corrected chi connectivity index (χ1v) is 12.9. The Morgan fingerprint density at radius 2 is 1.83 bits per heavy atom. The maximum Gasteiger partial charge on any atom is 0.254 e. The molecule has 8 heteroatoms. The maximum atomic E-state index is 13.7. The van der Waals surface area contributed by atoms with E-state index in [4.69, 9.17) is 14.2 Å². The van der Waals surface area contributed by atoms with E-state index in [1.165, 1.54) is 4.88 Å². The first-order chi connectivity index (χ1) is 17.4. The minimum absolute atomic E-state index is 0.0155. The summed E-state index contributed by atoms with van der Waals surface area (Å²) in [5, 5.41) is 2.06. The van der Waals surface area contributed by atoms with Crippen LogP contribution in [0.15, 0.2) is 60.0 Å². The number of rotatable bonds is 9. The van der Waals surface area contributed by atoms with Crippen molar-refractivity contribution in [3.63, 3.8) is 0 Å². The van der Waals surface area contributed by atoms with Crippen LogP contribution in [0.4, 0.5) is 0 Å². The molecule has 0 fully saturated rings. The molecular formula is C28H32N2O5S. The summed E-state index contributed by atoms with van der Waals surface area (Å²) >= 11 is 1.70. The smallest absolute Gasteiger partial charge is 0.254 e. The highest BCUT2D eigenvalue weighted by molar-refractivity contribution is 7.10. The second-order valence-electron chi connectivity index (χ2n) is 8.87. The molecule has 1 aliphatic heterocycles. The van der Waals surface area contributed by atoms with E-state index in [0.29, 0.717) is 36.0 Å². The van der Waals surface area contributed by atoms with Crippen LogP contribution in [-0.4, -0.2) is 61.6 Å². The van der Waals surface area contributed by atoms with Crippen molar-refractivity contribution in [1.29, 1.82) is 0 Å². The summed E-state index contributed by atoms with van der Waals surface area (Å²) in [6.07, 6.45) is 0.787. The van der Waals surface area contributed by atoms with E-state index in [1.807, 2.05) is 43.0 Å². The van der Waals surface area contributed by atoms with Gasteiger partial charge in [-0.05, 0) is 67.6 Å². The fourth-order valence-electron chi connectivity index (χ4n) is 4.43. The van der Waals surface area contributed by atoms with Gasteiger partial charge in [0.05, 0.1) is 20.3 Å². The van der Waals surface area contributed by atoms with Crippen LogP contribution in [0.2, 0.25) is 0 Å². The molecule has 0 N–H and O–H groups in total. The lowest BCUT2D eigenvalue weighted by molar-refractivity contribution is -0.136. The zero-order chi connectivity index (χ0) is 25.7. The molecule has 190 valence electrons. The van der Waals surface area contributed by atoms with E-state index in [1.54, 1.807) is 54.7 Å². The molecule has 0 saturated heterocycles. The molecule has 1 aliphatic rings. The number of fused-ring (bicyclic) bond motifs is 1. The Balaban J connectivity index is 1.54. The minimum atomic E-state index is -0.252. The predicted molar refractivity (Wildman–Crippen MR) is 140 cm³/mol. The molecule has 1 atom stereocenters. The third kappa shape index (κ3) is 5.49. The van der Waals surface area contributed by atoms with Gasteiger partial charge in [-0.15, -0.1) is 11.3 Å². The van der Waals surface area contributed by atoms with Crippen LogP contribution in [0, 0.1) is 0 Å². The molecule has 3 aromatic rings. The number of carbonyl (C=O) groups excluding carboxylic acids is 2. The number of hydrogen-bond donors (Lipinski definition) is 0. The largest absolute Gasteiger partial charge is 0.497 e. The minimum Gasteiger partial charge on any atom is -0.497 e. The second kappa shape index (κ2) is 11.5. The van der Waals surface area contributed by atoms with Crippen molar-refractivity contribution in [2.75, 3.05) is 33.9 Å². The number of methoxy groups -OCH3 is 2. The number of nitrogens with zero attached hydrogens (tertiary/aromatic N) is 2. The lowest BCUT2D eigenvalue weighted by Gasteiger charge is -2.37. The quantitative estimate of drug-likeness (QED) is 0.415. The molecule has 0 spiro atoms. The summed E-state index contributed by atoms with van der Waals surface area (Å²) in [6.45, 7) is 4.69. The zero-order valence-corrected chi connectivity index (χ0v) is 21.9. The van der Waals surface area contributed by atoms with Crippen LogP contribution in [0.3, 0.4) is 0 Å². The summed E-state index contributed by atoms with van der Waals surface area (Å²) in [7, 11) is 3.17. The van der Waals surface area contributed by atoms with Gasteiger partial charge in [0.25, 0.3) is 5.91 Å². The van der Waals surface area contributed by atoms with E-state index in [-0.39, 0.29) is 30.4 Å². The molecule has 2 heterocycles. The van der Waals surface area contributed by atoms with Gasteiger partial charge in [0.15, 0.2) is 11.5 Å². The average Bonchev–Trinajstić information content (AvgIpc) is 3.39. The fourth-order valence-corrected chi connectivity index (χ4v) is 5.36. The molecule has 1 unspecified atom stereocenters. The van der Waals surface area contributed by atoms with Crippen LogP contribution in [0.1, 0.15) is 40.7 Å². The number of benzene rings is 2. The Morgan fingerprint density at radius 3 is 2.56 bits per heavy atom. The van der Waals surface area contributed by atoms with E-state index >= 15 is 0 Å². The number of ether oxygens (including phenoxy) is 3. The van der Waals surface area contributed by atoms with Crippen LogP contribution < -0.4 is 14.2 Å². The van der Waals surface area contributed by atoms with Crippen LogP contribution >= 0.6 is 11.3 Å². The average molecular weight is 509 g/mol. The van der Waals surface area contributed by atoms with Crippen LogP contribution in [-0.2, 0) is 11.2 Å². The summed E-state index contributed by atoms with van der Waals surface area (Å²) in [5.74, 6) is 1.57. The Kier molecular flexibility index (Phi) is 8.15.